The number of alkyl halides is 1. The summed E-state index contributed by atoms with van der Waals surface area (Å²) < 4.78 is 15.1. The lowest BCUT2D eigenvalue weighted by molar-refractivity contribution is 0.608. The molecule has 0 N–H and O–H groups in total. The fourth-order valence-corrected chi connectivity index (χ4v) is 3.95. The SMILES string of the molecule is Fc1ccccc1CC(Br)c1cc(Br)c(Cl)s1. The van der Waals surface area contributed by atoms with E-state index in [1.165, 1.54) is 17.4 Å². The first-order valence-electron chi connectivity index (χ1n) is 4.90. The van der Waals surface area contributed by atoms with Crippen LogP contribution in [-0.2, 0) is 6.42 Å². The van der Waals surface area contributed by atoms with Crippen molar-refractivity contribution in [2.45, 2.75) is 11.2 Å². The first-order valence-corrected chi connectivity index (χ1v) is 7.80. The maximum Gasteiger partial charge on any atom is 0.126 e. The zero-order chi connectivity index (χ0) is 12.4. The molecule has 90 valence electrons. The van der Waals surface area contributed by atoms with Crippen molar-refractivity contribution in [1.29, 1.82) is 0 Å². The Labute approximate surface area is 125 Å². The molecule has 1 atom stereocenters. The second kappa shape index (κ2) is 5.83. The molecule has 0 aliphatic carbocycles. The monoisotopic (exact) mass is 396 g/mol. The van der Waals surface area contributed by atoms with Crippen LogP contribution in [0.2, 0.25) is 4.34 Å². The van der Waals surface area contributed by atoms with Gasteiger partial charge in [-0.15, -0.1) is 11.3 Å². The molecule has 1 aromatic heterocycles. The fraction of sp³-hybridized carbons (Fsp3) is 0.167. The lowest BCUT2D eigenvalue weighted by Gasteiger charge is -2.08. The average molecular weight is 399 g/mol. The minimum absolute atomic E-state index is 0.0770. The normalized spacial score (nSPS) is 12.7. The molecule has 2 aromatic rings. The van der Waals surface area contributed by atoms with Crippen molar-refractivity contribution in [3.05, 3.63) is 55.4 Å². The molecule has 2 rings (SSSR count). The van der Waals surface area contributed by atoms with Gasteiger partial charge in [-0.2, -0.15) is 0 Å². The summed E-state index contributed by atoms with van der Waals surface area (Å²) in [7, 11) is 0. The van der Waals surface area contributed by atoms with Gasteiger partial charge in [0.15, 0.2) is 0 Å². The molecule has 5 heteroatoms. The van der Waals surface area contributed by atoms with Crippen molar-refractivity contribution < 1.29 is 4.39 Å². The molecule has 0 nitrogen and oxygen atoms in total. The van der Waals surface area contributed by atoms with Gasteiger partial charge < -0.3 is 0 Å². The van der Waals surface area contributed by atoms with Crippen LogP contribution in [-0.4, -0.2) is 0 Å². The van der Waals surface area contributed by atoms with Crippen LogP contribution in [0, 0.1) is 5.82 Å². The van der Waals surface area contributed by atoms with Crippen LogP contribution < -0.4 is 0 Å². The summed E-state index contributed by atoms with van der Waals surface area (Å²) in [4.78, 5) is 1.17. The van der Waals surface area contributed by atoms with Crippen LogP contribution in [0.1, 0.15) is 15.3 Å². The van der Waals surface area contributed by atoms with Crippen molar-refractivity contribution >= 4 is 54.8 Å². The third-order valence-corrected chi connectivity index (χ3v) is 6.04. The maximum absolute atomic E-state index is 13.5. The van der Waals surface area contributed by atoms with Crippen molar-refractivity contribution in [3.63, 3.8) is 0 Å². The first-order chi connectivity index (χ1) is 8.08. The number of hydrogen-bond donors (Lipinski definition) is 0. The maximum atomic E-state index is 13.5. The molecule has 0 saturated carbocycles. The largest absolute Gasteiger partial charge is 0.207 e. The number of benzene rings is 1. The van der Waals surface area contributed by atoms with Gasteiger partial charge in [0.25, 0.3) is 0 Å². The van der Waals surface area contributed by atoms with Gasteiger partial charge >= 0.3 is 0 Å². The average Bonchev–Trinajstić information content (AvgIpc) is 2.63. The molecular formula is C12H8Br2ClFS. The Kier molecular flexibility index (Phi) is 4.64. The van der Waals surface area contributed by atoms with Gasteiger partial charge in [-0.1, -0.05) is 45.7 Å². The van der Waals surface area contributed by atoms with Crippen LogP contribution in [0.25, 0.3) is 0 Å². The highest BCUT2D eigenvalue weighted by Crippen LogP contribution is 2.39. The van der Waals surface area contributed by atoms with E-state index < -0.39 is 0 Å². The molecule has 0 saturated heterocycles. The van der Waals surface area contributed by atoms with Gasteiger partial charge in [-0.25, -0.2) is 4.39 Å². The molecule has 0 radical (unpaired) electrons. The Balaban J connectivity index is 2.17. The Morgan fingerprint density at radius 3 is 2.65 bits per heavy atom. The summed E-state index contributed by atoms with van der Waals surface area (Å²) in [5.74, 6) is -0.168. The Morgan fingerprint density at radius 2 is 2.06 bits per heavy atom. The molecule has 17 heavy (non-hydrogen) atoms. The van der Waals surface area contributed by atoms with Crippen LogP contribution >= 0.6 is 54.8 Å². The number of rotatable bonds is 3. The lowest BCUT2D eigenvalue weighted by Crippen LogP contribution is -1.95. The second-order valence-corrected chi connectivity index (χ2v) is 7.18. The highest BCUT2D eigenvalue weighted by Gasteiger charge is 2.15. The molecule has 1 heterocycles. The van der Waals surface area contributed by atoms with Gasteiger partial charge in [0.1, 0.15) is 10.2 Å². The summed E-state index contributed by atoms with van der Waals surface area (Å²) in [6.45, 7) is 0. The molecule has 0 aliphatic rings. The summed E-state index contributed by atoms with van der Waals surface area (Å²) >= 11 is 14.4. The standard InChI is InChI=1S/C12H8Br2ClFS/c13-8(11-6-9(14)12(15)17-11)5-7-3-1-2-4-10(7)16/h1-4,6,8H,5H2. The quantitative estimate of drug-likeness (QED) is 0.558. The predicted octanol–water partition coefficient (Wildman–Crippen LogP) is 5.98. The van der Waals surface area contributed by atoms with E-state index in [-0.39, 0.29) is 10.6 Å². The van der Waals surface area contributed by atoms with Gasteiger partial charge in [-0.05, 0) is 40.0 Å². The van der Waals surface area contributed by atoms with E-state index in [1.54, 1.807) is 12.1 Å². The van der Waals surface area contributed by atoms with Crippen LogP contribution in [0.5, 0.6) is 0 Å². The van der Waals surface area contributed by atoms with E-state index in [0.717, 1.165) is 13.7 Å². The van der Waals surface area contributed by atoms with E-state index in [1.807, 2.05) is 12.1 Å². The third-order valence-electron chi connectivity index (χ3n) is 2.33. The molecule has 0 amide bonds. The van der Waals surface area contributed by atoms with E-state index in [4.69, 9.17) is 11.6 Å². The molecular weight excluding hydrogens is 390 g/mol. The first kappa shape index (κ1) is 13.5. The molecule has 0 aliphatic heterocycles. The third kappa shape index (κ3) is 3.31. The highest BCUT2D eigenvalue weighted by atomic mass is 79.9. The second-order valence-electron chi connectivity index (χ2n) is 3.53. The Morgan fingerprint density at radius 1 is 1.35 bits per heavy atom. The fourth-order valence-electron chi connectivity index (χ4n) is 1.48. The number of halogens is 4. The minimum Gasteiger partial charge on any atom is -0.207 e. The summed E-state index contributed by atoms with van der Waals surface area (Å²) in [5, 5.41) is 0. The molecule has 1 aromatic carbocycles. The predicted molar refractivity (Wildman–Crippen MR) is 78.8 cm³/mol. The topological polar surface area (TPSA) is 0 Å². The van der Waals surface area contributed by atoms with Gasteiger partial charge in [0.2, 0.25) is 0 Å². The van der Waals surface area contributed by atoms with Gasteiger partial charge in [0.05, 0.1) is 4.83 Å². The van der Waals surface area contributed by atoms with E-state index in [9.17, 15) is 4.39 Å². The van der Waals surface area contributed by atoms with Crippen molar-refractivity contribution in [2.75, 3.05) is 0 Å². The number of hydrogen-bond acceptors (Lipinski definition) is 1. The molecule has 0 bridgehead atoms. The van der Waals surface area contributed by atoms with Crippen LogP contribution in [0.3, 0.4) is 0 Å². The zero-order valence-electron chi connectivity index (χ0n) is 8.59. The Hall–Kier alpha value is 0.1000. The van der Waals surface area contributed by atoms with Crippen molar-refractivity contribution in [2.24, 2.45) is 0 Å². The highest BCUT2D eigenvalue weighted by molar-refractivity contribution is 9.10. The lowest BCUT2D eigenvalue weighted by atomic mass is 10.1. The van der Waals surface area contributed by atoms with Crippen LogP contribution in [0.15, 0.2) is 34.8 Å². The van der Waals surface area contributed by atoms with E-state index in [2.05, 4.69) is 31.9 Å². The zero-order valence-corrected chi connectivity index (χ0v) is 13.3. The molecule has 1 unspecified atom stereocenters. The summed E-state index contributed by atoms with van der Waals surface area (Å²) in [6, 6.07) is 8.78. The van der Waals surface area contributed by atoms with Gasteiger partial charge in [-0.3, -0.25) is 0 Å². The minimum atomic E-state index is -0.168. The van der Waals surface area contributed by atoms with Crippen molar-refractivity contribution in [1.82, 2.24) is 0 Å². The number of thiophene rings is 1. The van der Waals surface area contributed by atoms with E-state index >= 15 is 0 Å². The molecule has 0 spiro atoms. The Bertz CT molecular complexity index is 507. The van der Waals surface area contributed by atoms with Crippen LogP contribution in [0.4, 0.5) is 4.39 Å². The smallest absolute Gasteiger partial charge is 0.126 e. The molecule has 0 fully saturated rings. The van der Waals surface area contributed by atoms with Gasteiger partial charge in [0, 0.05) is 9.35 Å². The summed E-state index contributed by atoms with van der Waals surface area (Å²) in [6.07, 6.45) is 0.607. The van der Waals surface area contributed by atoms with E-state index in [0.29, 0.717) is 12.0 Å². The summed E-state index contributed by atoms with van der Waals surface area (Å²) in [5.41, 5.74) is 0.704. The van der Waals surface area contributed by atoms with Crippen molar-refractivity contribution in [3.8, 4) is 0 Å².